The fraction of sp³-hybridized carbons (Fsp3) is 0.276. The number of pyridine rings is 1. The topological polar surface area (TPSA) is 112 Å². The summed E-state index contributed by atoms with van der Waals surface area (Å²) in [7, 11) is 0. The molecule has 5 amide bonds. The van der Waals surface area contributed by atoms with E-state index >= 15 is 0 Å². The standard InChI is InChI=1S/C29H24F3N5O4/c1-28(18-10-19(31)12-20(32)11-18)26(40)36(8-6-30)27(41)37(28)15-23(38)34-21-5-4-16-13-29(14-17(16)9-21)22-3-2-7-33-24(22)35-25(29)39/h2-5,7,9-12H,6,8,13-15H2,1H3,(H,34,38)(H,33,35,39)/t28?,29-/m1/s1. The van der Waals surface area contributed by atoms with Crippen LogP contribution in [-0.2, 0) is 38.2 Å². The summed E-state index contributed by atoms with van der Waals surface area (Å²) >= 11 is 0. The number of amides is 5. The fourth-order valence-electron chi connectivity index (χ4n) is 6.11. The molecule has 2 atom stereocenters. The molecule has 12 heteroatoms. The van der Waals surface area contributed by atoms with Gasteiger partial charge < -0.3 is 10.6 Å². The third kappa shape index (κ3) is 4.04. The number of rotatable bonds is 6. The number of nitrogens with one attached hydrogen (secondary N) is 2. The Balaban J connectivity index is 1.25. The van der Waals surface area contributed by atoms with Gasteiger partial charge >= 0.3 is 6.03 Å². The van der Waals surface area contributed by atoms with Crippen LogP contribution in [0.2, 0.25) is 0 Å². The Labute approximate surface area is 232 Å². The minimum absolute atomic E-state index is 0.142. The molecule has 3 heterocycles. The van der Waals surface area contributed by atoms with Crippen LogP contribution in [0.5, 0.6) is 0 Å². The van der Waals surface area contributed by atoms with Crippen LogP contribution in [0.15, 0.2) is 54.7 Å². The molecule has 2 N–H and O–H groups in total. The van der Waals surface area contributed by atoms with E-state index in [0.29, 0.717) is 35.3 Å². The number of urea groups is 1. The number of benzene rings is 2. The summed E-state index contributed by atoms with van der Waals surface area (Å²) in [6.45, 7) is -0.978. The van der Waals surface area contributed by atoms with E-state index in [1.165, 1.54) is 6.92 Å². The predicted molar refractivity (Wildman–Crippen MR) is 141 cm³/mol. The van der Waals surface area contributed by atoms with Crippen molar-refractivity contribution in [1.29, 1.82) is 0 Å². The molecule has 2 aliphatic heterocycles. The molecule has 3 aromatic rings. The molecule has 1 fully saturated rings. The highest BCUT2D eigenvalue weighted by molar-refractivity contribution is 6.09. The van der Waals surface area contributed by atoms with Crippen molar-refractivity contribution in [2.24, 2.45) is 0 Å². The number of alkyl halides is 1. The van der Waals surface area contributed by atoms with Crippen molar-refractivity contribution < 1.29 is 32.3 Å². The predicted octanol–water partition coefficient (Wildman–Crippen LogP) is 3.44. The summed E-state index contributed by atoms with van der Waals surface area (Å²) in [6, 6.07) is 10.4. The lowest BCUT2D eigenvalue weighted by molar-refractivity contribution is -0.133. The van der Waals surface area contributed by atoms with E-state index in [-0.39, 0.29) is 11.5 Å². The third-order valence-corrected chi connectivity index (χ3v) is 8.16. The zero-order chi connectivity index (χ0) is 29.1. The van der Waals surface area contributed by atoms with Crippen LogP contribution in [0, 0.1) is 11.6 Å². The van der Waals surface area contributed by atoms with Crippen molar-refractivity contribution in [3.63, 3.8) is 0 Å². The minimum Gasteiger partial charge on any atom is -0.325 e. The normalized spacial score (nSPS) is 22.8. The van der Waals surface area contributed by atoms with Crippen molar-refractivity contribution in [2.75, 3.05) is 30.4 Å². The quantitative estimate of drug-likeness (QED) is 0.447. The summed E-state index contributed by atoms with van der Waals surface area (Å²) < 4.78 is 41.4. The second-order valence-electron chi connectivity index (χ2n) is 10.6. The SMILES string of the molecule is CC1(c2cc(F)cc(F)c2)C(=O)N(CCF)C(=O)N1CC(=O)Nc1ccc2c(c1)C[C@@]1(C2)C(=O)Nc2ncccc21. The number of anilines is 2. The summed E-state index contributed by atoms with van der Waals surface area (Å²) in [4.78, 5) is 58.3. The maximum Gasteiger partial charge on any atom is 0.328 e. The van der Waals surface area contributed by atoms with Gasteiger partial charge in [-0.1, -0.05) is 12.1 Å². The number of imide groups is 1. The minimum atomic E-state index is -1.95. The lowest BCUT2D eigenvalue weighted by Gasteiger charge is -2.31. The summed E-state index contributed by atoms with van der Waals surface area (Å²) in [5.41, 5.74) is 0.0824. The largest absolute Gasteiger partial charge is 0.328 e. The van der Waals surface area contributed by atoms with Crippen molar-refractivity contribution >= 4 is 35.3 Å². The number of hydrogen-bond acceptors (Lipinski definition) is 5. The van der Waals surface area contributed by atoms with Crippen molar-refractivity contribution in [3.05, 3.63) is 88.6 Å². The highest BCUT2D eigenvalue weighted by Gasteiger charge is 2.56. The van der Waals surface area contributed by atoms with Gasteiger partial charge in [-0.05, 0) is 66.8 Å². The molecule has 3 aliphatic rings. The number of carbonyl (C=O) groups is 4. The molecule has 1 aromatic heterocycles. The first-order valence-electron chi connectivity index (χ1n) is 12.9. The van der Waals surface area contributed by atoms with Crippen LogP contribution in [-0.4, -0.2) is 58.3 Å². The average molecular weight is 564 g/mol. The first-order valence-corrected chi connectivity index (χ1v) is 12.9. The molecule has 9 nitrogen and oxygen atoms in total. The van der Waals surface area contributed by atoms with Gasteiger partial charge in [0.1, 0.15) is 36.2 Å². The highest BCUT2D eigenvalue weighted by atomic mass is 19.1. The van der Waals surface area contributed by atoms with E-state index in [1.54, 1.807) is 24.4 Å². The number of aromatic nitrogens is 1. The molecule has 1 saturated heterocycles. The van der Waals surface area contributed by atoms with E-state index in [1.807, 2.05) is 12.1 Å². The molecular weight excluding hydrogens is 539 g/mol. The summed E-state index contributed by atoms with van der Waals surface area (Å²) in [6.07, 6.45) is 2.48. The monoisotopic (exact) mass is 563 g/mol. The van der Waals surface area contributed by atoms with Crippen LogP contribution in [0.1, 0.15) is 29.2 Å². The van der Waals surface area contributed by atoms with Crippen LogP contribution in [0.4, 0.5) is 29.5 Å². The van der Waals surface area contributed by atoms with E-state index in [4.69, 9.17) is 0 Å². The molecule has 2 aromatic carbocycles. The third-order valence-electron chi connectivity index (χ3n) is 8.16. The Morgan fingerprint density at radius 1 is 1.05 bits per heavy atom. The second-order valence-corrected chi connectivity index (χ2v) is 10.6. The van der Waals surface area contributed by atoms with Crippen molar-refractivity contribution in [2.45, 2.75) is 30.7 Å². The first kappa shape index (κ1) is 26.5. The molecule has 0 radical (unpaired) electrons. The molecule has 0 saturated carbocycles. The Morgan fingerprint density at radius 3 is 2.51 bits per heavy atom. The van der Waals surface area contributed by atoms with Gasteiger partial charge in [-0.2, -0.15) is 0 Å². The van der Waals surface area contributed by atoms with Gasteiger partial charge in [0.2, 0.25) is 11.8 Å². The Morgan fingerprint density at radius 2 is 1.78 bits per heavy atom. The molecule has 1 aliphatic carbocycles. The van der Waals surface area contributed by atoms with Gasteiger partial charge in [-0.25, -0.2) is 22.9 Å². The van der Waals surface area contributed by atoms with Gasteiger partial charge in [0.25, 0.3) is 5.91 Å². The van der Waals surface area contributed by atoms with Crippen molar-refractivity contribution in [3.8, 4) is 0 Å². The Kier molecular flexibility index (Phi) is 6.09. The van der Waals surface area contributed by atoms with Crippen LogP contribution >= 0.6 is 0 Å². The fourth-order valence-corrected chi connectivity index (χ4v) is 6.11. The zero-order valence-electron chi connectivity index (χ0n) is 21.8. The van der Waals surface area contributed by atoms with Gasteiger partial charge in [0.05, 0.1) is 12.0 Å². The van der Waals surface area contributed by atoms with Crippen LogP contribution in [0.3, 0.4) is 0 Å². The second kappa shape index (κ2) is 9.43. The van der Waals surface area contributed by atoms with Gasteiger partial charge in [0.15, 0.2) is 0 Å². The van der Waals surface area contributed by atoms with Crippen LogP contribution < -0.4 is 10.6 Å². The molecule has 1 unspecified atom stereocenters. The smallest absolute Gasteiger partial charge is 0.325 e. The molecule has 6 rings (SSSR count). The lowest BCUT2D eigenvalue weighted by atomic mass is 9.79. The maximum atomic E-state index is 14.1. The number of hydrogen-bond donors (Lipinski definition) is 2. The van der Waals surface area contributed by atoms with E-state index in [2.05, 4.69) is 15.6 Å². The van der Waals surface area contributed by atoms with E-state index in [0.717, 1.165) is 33.7 Å². The summed E-state index contributed by atoms with van der Waals surface area (Å²) in [5, 5.41) is 5.55. The Hall–Kier alpha value is -4.74. The summed E-state index contributed by atoms with van der Waals surface area (Å²) in [5.74, 6) is -3.13. The van der Waals surface area contributed by atoms with Gasteiger partial charge in [-0.15, -0.1) is 0 Å². The maximum absolute atomic E-state index is 14.1. The van der Waals surface area contributed by atoms with E-state index < -0.39 is 60.2 Å². The zero-order valence-corrected chi connectivity index (χ0v) is 21.8. The van der Waals surface area contributed by atoms with Crippen molar-refractivity contribution in [1.82, 2.24) is 14.8 Å². The molecular formula is C29H24F3N5O4. The van der Waals surface area contributed by atoms with Gasteiger partial charge in [-0.3, -0.25) is 24.2 Å². The molecule has 1 spiro atoms. The molecule has 210 valence electrons. The number of nitrogens with zero attached hydrogens (tertiary/aromatic N) is 3. The Bertz CT molecular complexity index is 1630. The van der Waals surface area contributed by atoms with Crippen LogP contribution in [0.25, 0.3) is 0 Å². The van der Waals surface area contributed by atoms with Gasteiger partial charge in [0, 0.05) is 23.5 Å². The lowest BCUT2D eigenvalue weighted by Crippen LogP contribution is -2.47. The number of halogens is 3. The number of carbonyl (C=O) groups excluding carboxylic acids is 4. The van der Waals surface area contributed by atoms with E-state index in [9.17, 15) is 32.3 Å². The average Bonchev–Trinajstić information content (AvgIpc) is 3.50. The molecule has 0 bridgehead atoms. The number of fused-ring (bicyclic) bond motifs is 3. The highest BCUT2D eigenvalue weighted by Crippen LogP contribution is 2.47. The molecule has 41 heavy (non-hydrogen) atoms. The first-order chi connectivity index (χ1) is 19.6.